The predicted molar refractivity (Wildman–Crippen MR) is 86.5 cm³/mol. The van der Waals surface area contributed by atoms with Crippen molar-refractivity contribution in [1.29, 1.82) is 0 Å². The number of hydrogen-bond donors (Lipinski definition) is 2. The minimum atomic E-state index is -0.669. The first-order valence-electron chi connectivity index (χ1n) is 6.93. The molecule has 0 unspecified atom stereocenters. The average molecular weight is 312 g/mol. The highest BCUT2D eigenvalue weighted by molar-refractivity contribution is 6.10. The summed E-state index contributed by atoms with van der Waals surface area (Å²) in [4.78, 5) is 32.3. The average Bonchev–Trinajstić information content (AvgIpc) is 2.76. The Hall–Kier alpha value is -3.16. The zero-order valence-electron chi connectivity index (χ0n) is 13.0. The summed E-state index contributed by atoms with van der Waals surface area (Å²) >= 11 is 0. The van der Waals surface area contributed by atoms with Crippen LogP contribution in [-0.2, 0) is 7.05 Å². The normalized spacial score (nSPS) is 11.1. The second-order valence-corrected chi connectivity index (χ2v) is 5.35. The van der Waals surface area contributed by atoms with Crippen molar-refractivity contribution in [2.75, 3.05) is 5.73 Å². The number of amides is 1. The van der Waals surface area contributed by atoms with Crippen LogP contribution < -0.4 is 17.0 Å². The van der Waals surface area contributed by atoms with Gasteiger partial charge >= 0.3 is 0 Å². The first kappa shape index (κ1) is 14.8. The lowest BCUT2D eigenvalue weighted by atomic mass is 10.2. The number of nitrogen functional groups attached to an aromatic ring is 1. The van der Waals surface area contributed by atoms with Crippen LogP contribution in [0.5, 0.6) is 0 Å². The van der Waals surface area contributed by atoms with Gasteiger partial charge in [-0.05, 0) is 19.4 Å². The molecule has 23 heavy (non-hydrogen) atoms. The minimum Gasteiger partial charge on any atom is -0.384 e. The fourth-order valence-electron chi connectivity index (χ4n) is 2.72. The van der Waals surface area contributed by atoms with E-state index in [-0.39, 0.29) is 16.9 Å². The van der Waals surface area contributed by atoms with Crippen LogP contribution in [0.1, 0.15) is 21.7 Å². The number of rotatable bonds is 2. The number of fused-ring (bicyclic) bond motifs is 1. The Kier molecular flexibility index (Phi) is 3.17. The number of carbonyl (C=O) groups excluding carboxylic acids is 1. The van der Waals surface area contributed by atoms with E-state index in [1.165, 1.54) is 16.8 Å². The quantitative estimate of drug-likeness (QED) is 0.710. The van der Waals surface area contributed by atoms with Gasteiger partial charge in [0.15, 0.2) is 5.65 Å². The zero-order chi connectivity index (χ0) is 16.9. The van der Waals surface area contributed by atoms with E-state index in [0.29, 0.717) is 22.7 Å². The van der Waals surface area contributed by atoms with Crippen LogP contribution in [0.4, 0.5) is 5.82 Å². The third kappa shape index (κ3) is 2.07. The Bertz CT molecular complexity index is 1010. The van der Waals surface area contributed by atoms with Gasteiger partial charge in [0.25, 0.3) is 11.5 Å². The second kappa shape index (κ2) is 4.94. The summed E-state index contributed by atoms with van der Waals surface area (Å²) < 4.78 is 3.02. The summed E-state index contributed by atoms with van der Waals surface area (Å²) in [6.07, 6.45) is 1.51. The van der Waals surface area contributed by atoms with Gasteiger partial charge < -0.3 is 11.5 Å². The van der Waals surface area contributed by atoms with Gasteiger partial charge in [0.05, 0.1) is 10.9 Å². The lowest BCUT2D eigenvalue weighted by Gasteiger charge is -2.14. The van der Waals surface area contributed by atoms with E-state index < -0.39 is 5.91 Å². The Labute approximate surface area is 131 Å². The Balaban J connectivity index is 2.55. The van der Waals surface area contributed by atoms with E-state index in [1.54, 1.807) is 24.6 Å². The van der Waals surface area contributed by atoms with E-state index in [0.717, 1.165) is 5.56 Å². The van der Waals surface area contributed by atoms with Crippen molar-refractivity contribution in [2.45, 2.75) is 13.8 Å². The summed E-state index contributed by atoms with van der Waals surface area (Å²) in [7, 11) is 1.63. The Morgan fingerprint density at radius 2 is 1.96 bits per heavy atom. The number of anilines is 1. The molecular formula is C15H16N6O2. The van der Waals surface area contributed by atoms with Gasteiger partial charge in [-0.3, -0.25) is 18.7 Å². The van der Waals surface area contributed by atoms with Gasteiger partial charge in [0, 0.05) is 19.3 Å². The van der Waals surface area contributed by atoms with E-state index in [9.17, 15) is 9.59 Å². The third-order valence-electron chi connectivity index (χ3n) is 3.80. The number of nitrogens with zero attached hydrogens (tertiary/aromatic N) is 4. The van der Waals surface area contributed by atoms with Crippen LogP contribution >= 0.6 is 0 Å². The molecule has 4 N–H and O–H groups in total. The predicted octanol–water partition coefficient (Wildman–Crippen LogP) is 0.417. The summed E-state index contributed by atoms with van der Waals surface area (Å²) in [6, 6.07) is 3.16. The van der Waals surface area contributed by atoms with Crippen LogP contribution in [0.3, 0.4) is 0 Å². The number of aromatic nitrogens is 4. The summed E-state index contributed by atoms with van der Waals surface area (Å²) in [5, 5.41) is 0.455. The minimum absolute atomic E-state index is 0.136. The van der Waals surface area contributed by atoms with E-state index in [4.69, 9.17) is 11.5 Å². The number of carbonyl (C=O) groups is 1. The van der Waals surface area contributed by atoms with Gasteiger partial charge in [-0.15, -0.1) is 0 Å². The summed E-state index contributed by atoms with van der Waals surface area (Å²) in [5.41, 5.74) is 12.8. The molecule has 3 heterocycles. The fourth-order valence-corrected chi connectivity index (χ4v) is 2.72. The molecule has 0 saturated heterocycles. The maximum atomic E-state index is 12.0. The molecule has 0 radical (unpaired) electrons. The third-order valence-corrected chi connectivity index (χ3v) is 3.80. The van der Waals surface area contributed by atoms with Crippen molar-refractivity contribution < 1.29 is 4.79 Å². The van der Waals surface area contributed by atoms with E-state index >= 15 is 0 Å². The molecule has 8 nitrogen and oxygen atoms in total. The highest BCUT2D eigenvalue weighted by Gasteiger charge is 2.23. The van der Waals surface area contributed by atoms with Crippen molar-refractivity contribution in [3.63, 3.8) is 0 Å². The van der Waals surface area contributed by atoms with Crippen LogP contribution in [0.25, 0.3) is 16.9 Å². The summed E-state index contributed by atoms with van der Waals surface area (Å²) in [6.45, 7) is 3.58. The van der Waals surface area contributed by atoms with Gasteiger partial charge in [0.2, 0.25) is 0 Å². The fraction of sp³-hybridized carbons (Fsp3) is 0.200. The molecule has 1 amide bonds. The van der Waals surface area contributed by atoms with Crippen LogP contribution in [0.15, 0.2) is 23.1 Å². The molecule has 0 aliphatic heterocycles. The molecule has 8 heteroatoms. The maximum Gasteiger partial charge on any atom is 0.253 e. The smallest absolute Gasteiger partial charge is 0.253 e. The highest BCUT2D eigenvalue weighted by atomic mass is 16.1. The molecule has 0 aliphatic carbocycles. The molecule has 0 fully saturated rings. The number of aryl methyl sites for hydroxylation is 2. The van der Waals surface area contributed by atoms with E-state index in [2.05, 4.69) is 9.97 Å². The lowest BCUT2D eigenvalue weighted by Crippen LogP contribution is -2.22. The van der Waals surface area contributed by atoms with Crippen LogP contribution in [-0.4, -0.2) is 25.0 Å². The second-order valence-electron chi connectivity index (χ2n) is 5.35. The standard InChI is InChI=1S/C15H16N6O2/c1-7-4-5-10(22)20(3)15(7)21-12(16)11(13(17)23)9-6-18-8(2)19-14(9)21/h4-6H,16H2,1-3H3,(H2,17,23). The topological polar surface area (TPSA) is 122 Å². The lowest BCUT2D eigenvalue weighted by molar-refractivity contribution is 0.100. The first-order chi connectivity index (χ1) is 10.8. The van der Waals surface area contributed by atoms with Gasteiger partial charge in [-0.2, -0.15) is 0 Å². The Morgan fingerprint density at radius 1 is 1.26 bits per heavy atom. The SMILES string of the molecule is Cc1ncc2c(C(N)=O)c(N)n(-c3c(C)ccc(=O)n3C)c2n1. The molecule has 0 bridgehead atoms. The monoisotopic (exact) mass is 312 g/mol. The number of hydrogen-bond acceptors (Lipinski definition) is 5. The molecule has 3 rings (SSSR count). The molecular weight excluding hydrogens is 296 g/mol. The molecule has 0 spiro atoms. The van der Waals surface area contributed by atoms with Gasteiger partial charge in [-0.1, -0.05) is 6.07 Å². The van der Waals surface area contributed by atoms with E-state index in [1.807, 2.05) is 6.92 Å². The molecule has 3 aromatic rings. The van der Waals surface area contributed by atoms with Crippen LogP contribution in [0.2, 0.25) is 0 Å². The molecule has 0 aliphatic rings. The van der Waals surface area contributed by atoms with Crippen LogP contribution in [0, 0.1) is 13.8 Å². The Morgan fingerprint density at radius 3 is 2.61 bits per heavy atom. The van der Waals surface area contributed by atoms with Crippen molar-refractivity contribution in [2.24, 2.45) is 12.8 Å². The van der Waals surface area contributed by atoms with Crippen molar-refractivity contribution in [3.8, 4) is 5.82 Å². The highest BCUT2D eigenvalue weighted by Crippen LogP contribution is 2.30. The maximum absolute atomic E-state index is 12.0. The molecule has 118 valence electrons. The molecule has 0 atom stereocenters. The van der Waals surface area contributed by atoms with Crippen molar-refractivity contribution in [1.82, 2.24) is 19.1 Å². The van der Waals surface area contributed by atoms with Crippen molar-refractivity contribution in [3.05, 3.63) is 45.6 Å². The van der Waals surface area contributed by atoms with Crippen molar-refractivity contribution >= 4 is 22.8 Å². The number of pyridine rings is 1. The summed E-state index contributed by atoms with van der Waals surface area (Å²) in [5.74, 6) is 0.519. The van der Waals surface area contributed by atoms with Gasteiger partial charge in [-0.25, -0.2) is 9.97 Å². The largest absolute Gasteiger partial charge is 0.384 e. The number of nitrogens with two attached hydrogens (primary N) is 2. The molecule has 3 aromatic heterocycles. The molecule has 0 aromatic carbocycles. The van der Waals surface area contributed by atoms with Gasteiger partial charge in [0.1, 0.15) is 17.5 Å². The number of primary amides is 1. The zero-order valence-corrected chi connectivity index (χ0v) is 13.0. The first-order valence-corrected chi connectivity index (χ1v) is 6.93. The molecule has 0 saturated carbocycles.